The summed E-state index contributed by atoms with van der Waals surface area (Å²) >= 11 is 0. The van der Waals surface area contributed by atoms with Crippen LogP contribution in [0.3, 0.4) is 0 Å². The number of carbonyl (C=O) groups excluding carboxylic acids is 1. The third-order valence-electron chi connectivity index (χ3n) is 6.19. The van der Waals surface area contributed by atoms with Crippen molar-refractivity contribution in [2.45, 2.75) is 31.8 Å². The van der Waals surface area contributed by atoms with Gasteiger partial charge in [-0.15, -0.1) is 10.2 Å². The van der Waals surface area contributed by atoms with Gasteiger partial charge >= 0.3 is 0 Å². The highest BCUT2D eigenvalue weighted by Gasteiger charge is 2.45. The van der Waals surface area contributed by atoms with E-state index >= 15 is 0 Å². The molecule has 8 heteroatoms. The zero-order valence-corrected chi connectivity index (χ0v) is 17.0. The minimum atomic E-state index is -0.413. The highest BCUT2D eigenvalue weighted by atomic mass is 19.1. The molecular formula is C22H24FN6O+. The average Bonchev–Trinajstić information content (AvgIpc) is 3.30. The van der Waals surface area contributed by atoms with E-state index in [4.69, 9.17) is 0 Å². The maximum atomic E-state index is 14.0. The van der Waals surface area contributed by atoms with Crippen LogP contribution >= 0.6 is 0 Å². The summed E-state index contributed by atoms with van der Waals surface area (Å²) in [4.78, 5) is 18.0. The number of tetrazole rings is 1. The summed E-state index contributed by atoms with van der Waals surface area (Å²) in [5.41, 5.74) is 3.73. The molecule has 1 amide bonds. The fourth-order valence-electron chi connectivity index (χ4n) is 4.78. The van der Waals surface area contributed by atoms with Gasteiger partial charge in [-0.05, 0) is 35.9 Å². The number of amides is 1. The van der Waals surface area contributed by atoms with Crippen molar-refractivity contribution in [1.29, 1.82) is 0 Å². The van der Waals surface area contributed by atoms with E-state index in [2.05, 4.69) is 47.6 Å². The maximum Gasteiger partial charge on any atom is 0.250 e. The molecule has 0 spiro atoms. The smallest absolute Gasteiger partial charge is 0.250 e. The number of quaternary nitrogens is 1. The number of hydrogen-bond acceptors (Lipinski definition) is 4. The summed E-state index contributed by atoms with van der Waals surface area (Å²) in [6.07, 6.45) is 0.960. The molecule has 5 rings (SSSR count). The number of hydrogen-bond donors (Lipinski definition) is 1. The number of likely N-dealkylation sites (tertiary alicyclic amines) is 1. The molecule has 3 aromatic rings. The number of fused-ring (bicyclic) bond motifs is 3. The van der Waals surface area contributed by atoms with Gasteiger partial charge in [-0.3, -0.25) is 4.79 Å². The second-order valence-corrected chi connectivity index (χ2v) is 8.32. The number of aryl methyl sites for hydroxylation is 1. The zero-order valence-electron chi connectivity index (χ0n) is 17.0. The number of rotatable bonds is 3. The minimum Gasteiger partial charge on any atom is -0.337 e. The third-order valence-corrected chi connectivity index (χ3v) is 6.19. The van der Waals surface area contributed by atoms with Crippen molar-refractivity contribution in [2.24, 2.45) is 0 Å². The van der Waals surface area contributed by atoms with Crippen molar-refractivity contribution in [1.82, 2.24) is 20.2 Å². The highest BCUT2D eigenvalue weighted by Crippen LogP contribution is 2.43. The Morgan fingerprint density at radius 3 is 2.93 bits per heavy atom. The Kier molecular flexibility index (Phi) is 4.58. The molecular weight excluding hydrogens is 383 g/mol. The maximum absolute atomic E-state index is 14.0. The monoisotopic (exact) mass is 407 g/mol. The fraction of sp³-hybridized carbons (Fsp3) is 0.364. The van der Waals surface area contributed by atoms with Crippen LogP contribution in [0, 0.1) is 12.7 Å². The van der Waals surface area contributed by atoms with Gasteiger partial charge in [0, 0.05) is 12.1 Å². The van der Waals surface area contributed by atoms with Crippen LogP contribution in [0.1, 0.15) is 23.5 Å². The molecule has 0 aliphatic carbocycles. The molecule has 1 fully saturated rings. The first kappa shape index (κ1) is 18.9. The van der Waals surface area contributed by atoms with Gasteiger partial charge in [-0.25, -0.2) is 4.39 Å². The van der Waals surface area contributed by atoms with Crippen LogP contribution in [0.15, 0.2) is 42.5 Å². The molecule has 0 radical (unpaired) electrons. The van der Waals surface area contributed by atoms with Gasteiger partial charge in [0.15, 0.2) is 0 Å². The number of nitrogens with zero attached hydrogens (tertiary/aromatic N) is 5. The first-order chi connectivity index (χ1) is 14.5. The molecule has 2 aliphatic rings. The van der Waals surface area contributed by atoms with E-state index in [9.17, 15) is 9.18 Å². The molecule has 7 nitrogen and oxygen atoms in total. The van der Waals surface area contributed by atoms with Gasteiger partial charge in [-0.2, -0.15) is 4.80 Å². The number of carbonyl (C=O) groups is 1. The second kappa shape index (κ2) is 7.28. The van der Waals surface area contributed by atoms with Crippen LogP contribution in [0.2, 0.25) is 0 Å². The van der Waals surface area contributed by atoms with Crippen molar-refractivity contribution in [3.05, 3.63) is 59.4 Å². The molecule has 1 saturated heterocycles. The molecule has 0 saturated carbocycles. The summed E-state index contributed by atoms with van der Waals surface area (Å²) < 4.78 is 14.0. The molecule has 30 heavy (non-hydrogen) atoms. The Hall–Kier alpha value is -3.13. The fourth-order valence-corrected chi connectivity index (χ4v) is 4.78. The van der Waals surface area contributed by atoms with Crippen molar-refractivity contribution in [2.75, 3.05) is 25.0 Å². The van der Waals surface area contributed by atoms with E-state index in [-0.39, 0.29) is 29.9 Å². The Morgan fingerprint density at radius 2 is 2.10 bits per heavy atom. The number of benzene rings is 2. The lowest BCUT2D eigenvalue weighted by Gasteiger charge is -2.34. The van der Waals surface area contributed by atoms with Crippen LogP contribution in [0.4, 0.5) is 10.1 Å². The number of piperidine rings is 1. The molecule has 2 aliphatic heterocycles. The number of anilines is 1. The van der Waals surface area contributed by atoms with Crippen LogP contribution in [-0.4, -0.2) is 52.3 Å². The van der Waals surface area contributed by atoms with Crippen LogP contribution in [-0.2, 0) is 11.3 Å². The summed E-state index contributed by atoms with van der Waals surface area (Å²) in [5, 5.41) is 12.2. The van der Waals surface area contributed by atoms with Crippen molar-refractivity contribution in [3.63, 3.8) is 0 Å². The van der Waals surface area contributed by atoms with E-state index in [0.29, 0.717) is 5.92 Å². The molecule has 3 heterocycles. The van der Waals surface area contributed by atoms with E-state index in [1.165, 1.54) is 26.9 Å². The Balaban J connectivity index is 1.42. The topological polar surface area (TPSA) is 68.3 Å². The number of likely N-dealkylation sites (N-methyl/N-ethyl adjacent to an activating group) is 1. The van der Waals surface area contributed by atoms with E-state index < -0.39 is 5.82 Å². The molecule has 3 atom stereocenters. The molecule has 0 bridgehead atoms. The van der Waals surface area contributed by atoms with Gasteiger partial charge in [-0.1, -0.05) is 29.8 Å². The Labute approximate surface area is 174 Å². The lowest BCUT2D eigenvalue weighted by molar-refractivity contribution is -0.886. The molecule has 1 unspecified atom stereocenters. The largest absolute Gasteiger partial charge is 0.337 e. The quantitative estimate of drug-likeness (QED) is 0.709. The van der Waals surface area contributed by atoms with Crippen LogP contribution in [0.5, 0.6) is 0 Å². The molecule has 1 N–H and O–H groups in total. The third kappa shape index (κ3) is 3.17. The van der Waals surface area contributed by atoms with E-state index in [1.54, 1.807) is 18.2 Å². The molecule has 2 aromatic carbocycles. The van der Waals surface area contributed by atoms with E-state index in [0.717, 1.165) is 25.2 Å². The highest BCUT2D eigenvalue weighted by molar-refractivity contribution is 5.96. The normalized spacial score (nSPS) is 22.6. The van der Waals surface area contributed by atoms with Crippen molar-refractivity contribution in [3.8, 4) is 11.4 Å². The predicted molar refractivity (Wildman–Crippen MR) is 110 cm³/mol. The van der Waals surface area contributed by atoms with E-state index in [1.807, 2.05) is 4.90 Å². The zero-order chi connectivity index (χ0) is 20.8. The van der Waals surface area contributed by atoms with Crippen molar-refractivity contribution < 1.29 is 14.1 Å². The van der Waals surface area contributed by atoms with Gasteiger partial charge in [0.25, 0.3) is 5.91 Å². The minimum absolute atomic E-state index is 0.0271. The lowest BCUT2D eigenvalue weighted by atomic mass is 9.89. The lowest BCUT2D eigenvalue weighted by Crippen LogP contribution is -3.11. The summed E-state index contributed by atoms with van der Waals surface area (Å²) in [6.45, 7) is 4.12. The molecule has 1 aromatic heterocycles. The van der Waals surface area contributed by atoms with Gasteiger partial charge < -0.3 is 9.80 Å². The van der Waals surface area contributed by atoms with Crippen LogP contribution < -0.4 is 9.80 Å². The molecule has 154 valence electrons. The van der Waals surface area contributed by atoms with Gasteiger partial charge in [0.1, 0.15) is 12.4 Å². The predicted octanol–water partition coefficient (Wildman–Crippen LogP) is 1.21. The first-order valence-electron chi connectivity index (χ1n) is 10.3. The Morgan fingerprint density at radius 1 is 1.27 bits per heavy atom. The standard InChI is InChI=1S/C22H23FN6O/c1-14-7-8-19-16(11-14)17-12-27(2)10-9-20(17)29(19)21(30)13-28-25-22(24-26-28)15-5-3-4-6-18(15)23/h3-8,11,17,20H,9-10,12-13H2,1-2H3/p+1/t17-,20-/m0/s1. The summed E-state index contributed by atoms with van der Waals surface area (Å²) in [6, 6.07) is 12.8. The summed E-state index contributed by atoms with van der Waals surface area (Å²) in [7, 11) is 2.21. The second-order valence-electron chi connectivity index (χ2n) is 8.32. The SMILES string of the molecule is Cc1ccc2c(c1)[C@@H]1C[NH+](C)CC[C@@H]1N2C(=O)Cn1nnc(-c2ccccc2F)n1. The van der Waals surface area contributed by atoms with Crippen molar-refractivity contribution >= 4 is 11.6 Å². The van der Waals surface area contributed by atoms with Gasteiger partial charge in [0.05, 0.1) is 37.7 Å². The number of nitrogens with one attached hydrogen (secondary N) is 1. The first-order valence-corrected chi connectivity index (χ1v) is 10.3. The summed E-state index contributed by atoms with van der Waals surface area (Å²) in [5.74, 6) is 0.0444. The Bertz CT molecular complexity index is 1110. The van der Waals surface area contributed by atoms with Crippen LogP contribution in [0.25, 0.3) is 11.4 Å². The number of aromatic nitrogens is 4. The van der Waals surface area contributed by atoms with Gasteiger partial charge in [0.2, 0.25) is 5.82 Å². The average molecular weight is 407 g/mol. The number of halogens is 1.